The van der Waals surface area contributed by atoms with Gasteiger partial charge < -0.3 is 15.4 Å². The zero-order valence-electron chi connectivity index (χ0n) is 11.6. The van der Waals surface area contributed by atoms with E-state index in [2.05, 4.69) is 24.5 Å². The third-order valence-electron chi connectivity index (χ3n) is 4.21. The molecule has 2 unspecified atom stereocenters. The van der Waals surface area contributed by atoms with Crippen LogP contribution in [0.1, 0.15) is 46.0 Å². The average Bonchev–Trinajstić information content (AvgIpc) is 2.95. The largest absolute Gasteiger partial charge is 0.379 e. The third kappa shape index (κ3) is 3.23. The van der Waals surface area contributed by atoms with Gasteiger partial charge in [0.2, 0.25) is 5.91 Å². The van der Waals surface area contributed by atoms with Crippen LogP contribution >= 0.6 is 0 Å². The lowest BCUT2D eigenvalue weighted by molar-refractivity contribution is -0.127. The Morgan fingerprint density at radius 1 is 1.33 bits per heavy atom. The molecule has 1 amide bonds. The molecule has 2 N–H and O–H groups in total. The fourth-order valence-corrected chi connectivity index (χ4v) is 3.01. The molecule has 2 atom stereocenters. The van der Waals surface area contributed by atoms with Crippen LogP contribution in [0.4, 0.5) is 0 Å². The van der Waals surface area contributed by atoms with E-state index in [-0.39, 0.29) is 23.4 Å². The molecule has 2 fully saturated rings. The molecule has 0 aromatic carbocycles. The van der Waals surface area contributed by atoms with Gasteiger partial charge in [0.05, 0.1) is 19.1 Å². The standard InChI is InChI=1S/C14H26N2O2/c1-3-8-15-12-10-18-9-11(12)13(17)16-14(2)6-4-5-7-14/h11-12,15H,3-10H2,1-2H3,(H,16,17). The lowest BCUT2D eigenvalue weighted by atomic mass is 9.96. The zero-order valence-corrected chi connectivity index (χ0v) is 11.6. The highest BCUT2D eigenvalue weighted by atomic mass is 16.5. The SMILES string of the molecule is CCCNC1COCC1C(=O)NC1(C)CCCC1. The predicted octanol–water partition coefficient (Wildman–Crippen LogP) is 1.45. The van der Waals surface area contributed by atoms with Crippen LogP contribution in [0.15, 0.2) is 0 Å². The Hall–Kier alpha value is -0.610. The fourth-order valence-electron chi connectivity index (χ4n) is 3.01. The second-order valence-corrected chi connectivity index (χ2v) is 5.96. The van der Waals surface area contributed by atoms with E-state index in [0.29, 0.717) is 13.2 Å². The lowest BCUT2D eigenvalue weighted by Gasteiger charge is -2.28. The summed E-state index contributed by atoms with van der Waals surface area (Å²) in [5, 5.41) is 6.66. The Labute approximate surface area is 110 Å². The summed E-state index contributed by atoms with van der Waals surface area (Å²) >= 11 is 0. The number of hydrogen-bond acceptors (Lipinski definition) is 3. The molecule has 0 radical (unpaired) electrons. The van der Waals surface area contributed by atoms with Crippen LogP contribution < -0.4 is 10.6 Å². The van der Waals surface area contributed by atoms with Gasteiger partial charge in [0.15, 0.2) is 0 Å². The molecular formula is C14H26N2O2. The average molecular weight is 254 g/mol. The van der Waals surface area contributed by atoms with Gasteiger partial charge in [0, 0.05) is 11.6 Å². The Morgan fingerprint density at radius 2 is 2.06 bits per heavy atom. The maximum absolute atomic E-state index is 12.3. The van der Waals surface area contributed by atoms with Crippen molar-refractivity contribution in [2.45, 2.75) is 57.5 Å². The van der Waals surface area contributed by atoms with E-state index in [1.807, 2.05) is 0 Å². The molecule has 1 saturated heterocycles. The number of nitrogens with one attached hydrogen (secondary N) is 2. The minimum Gasteiger partial charge on any atom is -0.379 e. The van der Waals surface area contributed by atoms with Crippen LogP contribution in [0.2, 0.25) is 0 Å². The first-order valence-corrected chi connectivity index (χ1v) is 7.28. The maximum atomic E-state index is 12.3. The molecule has 1 aliphatic carbocycles. The van der Waals surface area contributed by atoms with E-state index < -0.39 is 0 Å². The van der Waals surface area contributed by atoms with Gasteiger partial charge >= 0.3 is 0 Å². The van der Waals surface area contributed by atoms with Crippen molar-refractivity contribution < 1.29 is 9.53 Å². The number of carbonyl (C=O) groups excluding carboxylic acids is 1. The first kappa shape index (κ1) is 13.8. The molecule has 1 aliphatic heterocycles. The van der Waals surface area contributed by atoms with Crippen molar-refractivity contribution in [3.8, 4) is 0 Å². The molecule has 1 heterocycles. The highest BCUT2D eigenvalue weighted by Crippen LogP contribution is 2.29. The Kier molecular flexibility index (Phi) is 4.62. The Morgan fingerprint density at radius 3 is 2.72 bits per heavy atom. The second-order valence-electron chi connectivity index (χ2n) is 5.96. The van der Waals surface area contributed by atoms with Crippen molar-refractivity contribution in [3.63, 3.8) is 0 Å². The van der Waals surface area contributed by atoms with E-state index in [1.54, 1.807) is 0 Å². The Balaban J connectivity index is 1.87. The van der Waals surface area contributed by atoms with Crippen LogP contribution in [0.3, 0.4) is 0 Å². The summed E-state index contributed by atoms with van der Waals surface area (Å²) in [6.45, 7) is 6.48. The molecule has 2 rings (SSSR count). The summed E-state index contributed by atoms with van der Waals surface area (Å²) in [6.07, 6.45) is 5.77. The van der Waals surface area contributed by atoms with Crippen molar-refractivity contribution in [1.82, 2.24) is 10.6 Å². The number of ether oxygens (including phenoxy) is 1. The van der Waals surface area contributed by atoms with Crippen molar-refractivity contribution in [3.05, 3.63) is 0 Å². The summed E-state index contributed by atoms with van der Waals surface area (Å²) < 4.78 is 5.46. The van der Waals surface area contributed by atoms with Gasteiger partial charge in [-0.15, -0.1) is 0 Å². The molecule has 4 nitrogen and oxygen atoms in total. The summed E-state index contributed by atoms with van der Waals surface area (Å²) in [4.78, 5) is 12.3. The molecule has 0 spiro atoms. The van der Waals surface area contributed by atoms with Crippen LogP contribution in [0.25, 0.3) is 0 Å². The molecule has 0 bridgehead atoms. The first-order valence-electron chi connectivity index (χ1n) is 7.28. The van der Waals surface area contributed by atoms with Crippen molar-refractivity contribution in [2.75, 3.05) is 19.8 Å². The van der Waals surface area contributed by atoms with Crippen molar-refractivity contribution >= 4 is 5.91 Å². The van der Waals surface area contributed by atoms with Gasteiger partial charge in [0.1, 0.15) is 0 Å². The minimum absolute atomic E-state index is 0.0195. The highest BCUT2D eigenvalue weighted by molar-refractivity contribution is 5.80. The number of hydrogen-bond donors (Lipinski definition) is 2. The van der Waals surface area contributed by atoms with Gasteiger partial charge in [-0.1, -0.05) is 19.8 Å². The predicted molar refractivity (Wildman–Crippen MR) is 71.4 cm³/mol. The third-order valence-corrected chi connectivity index (χ3v) is 4.21. The fraction of sp³-hybridized carbons (Fsp3) is 0.929. The van der Waals surface area contributed by atoms with Gasteiger partial charge in [0.25, 0.3) is 0 Å². The number of rotatable bonds is 5. The molecule has 2 aliphatic rings. The van der Waals surface area contributed by atoms with E-state index in [4.69, 9.17) is 4.74 Å². The van der Waals surface area contributed by atoms with Gasteiger partial charge in [-0.05, 0) is 32.7 Å². The van der Waals surface area contributed by atoms with Crippen LogP contribution in [0, 0.1) is 5.92 Å². The van der Waals surface area contributed by atoms with Crippen molar-refractivity contribution in [2.24, 2.45) is 5.92 Å². The monoisotopic (exact) mass is 254 g/mol. The van der Waals surface area contributed by atoms with E-state index in [1.165, 1.54) is 12.8 Å². The Bertz CT molecular complexity index is 288. The topological polar surface area (TPSA) is 50.4 Å². The van der Waals surface area contributed by atoms with Crippen molar-refractivity contribution in [1.29, 1.82) is 0 Å². The summed E-state index contributed by atoms with van der Waals surface area (Å²) in [7, 11) is 0. The van der Waals surface area contributed by atoms with Crippen LogP contribution in [-0.2, 0) is 9.53 Å². The maximum Gasteiger partial charge on any atom is 0.227 e. The zero-order chi connectivity index (χ0) is 13.0. The molecule has 18 heavy (non-hydrogen) atoms. The number of carbonyl (C=O) groups is 1. The smallest absolute Gasteiger partial charge is 0.227 e. The highest BCUT2D eigenvalue weighted by Gasteiger charge is 2.38. The van der Waals surface area contributed by atoms with Crippen LogP contribution in [0.5, 0.6) is 0 Å². The van der Waals surface area contributed by atoms with Gasteiger partial charge in [-0.25, -0.2) is 0 Å². The molecular weight excluding hydrogens is 228 g/mol. The van der Waals surface area contributed by atoms with E-state index in [9.17, 15) is 4.79 Å². The quantitative estimate of drug-likeness (QED) is 0.781. The van der Waals surface area contributed by atoms with Crippen LogP contribution in [-0.4, -0.2) is 37.2 Å². The first-order chi connectivity index (χ1) is 8.64. The molecule has 0 aromatic rings. The number of amides is 1. The minimum atomic E-state index is -0.0195. The molecule has 104 valence electrons. The second kappa shape index (κ2) is 6.02. The normalized spacial score (nSPS) is 30.6. The molecule has 4 heteroatoms. The molecule has 1 saturated carbocycles. The summed E-state index contributed by atoms with van der Waals surface area (Å²) in [5.41, 5.74) is 0.0228. The van der Waals surface area contributed by atoms with E-state index in [0.717, 1.165) is 25.8 Å². The van der Waals surface area contributed by atoms with E-state index >= 15 is 0 Å². The van der Waals surface area contributed by atoms with Gasteiger partial charge in [-0.2, -0.15) is 0 Å². The summed E-state index contributed by atoms with van der Waals surface area (Å²) in [5.74, 6) is 0.152. The molecule has 0 aromatic heterocycles. The van der Waals surface area contributed by atoms with Gasteiger partial charge in [-0.3, -0.25) is 4.79 Å². The lowest BCUT2D eigenvalue weighted by Crippen LogP contribution is -2.51. The summed E-state index contributed by atoms with van der Waals surface area (Å²) in [6, 6.07) is 0.190.